The number of anilines is 2. The van der Waals surface area contributed by atoms with E-state index in [1.165, 1.54) is 18.5 Å². The molecule has 0 saturated carbocycles. The van der Waals surface area contributed by atoms with Gasteiger partial charge in [-0.25, -0.2) is 10.2 Å². The predicted molar refractivity (Wildman–Crippen MR) is 109 cm³/mol. The highest BCUT2D eigenvalue weighted by Gasteiger charge is 2.29. The third kappa shape index (κ3) is 4.78. The van der Waals surface area contributed by atoms with Gasteiger partial charge < -0.3 is 25.1 Å². The SMILES string of the molecule is Cc1ccc2c(c1)C(Nc1cnccc1C(=O)O)NN2CCOCCN(C)C. The Labute approximate surface area is 165 Å². The molecule has 1 unspecified atom stereocenters. The Morgan fingerprint density at radius 2 is 2.18 bits per heavy atom. The molecule has 1 aliphatic heterocycles. The molecule has 1 aromatic heterocycles. The van der Waals surface area contributed by atoms with E-state index in [2.05, 4.69) is 38.8 Å². The molecule has 2 aromatic rings. The zero-order chi connectivity index (χ0) is 20.1. The maximum absolute atomic E-state index is 11.5. The van der Waals surface area contributed by atoms with Crippen LogP contribution in [0.3, 0.4) is 0 Å². The molecule has 0 saturated heterocycles. The number of benzene rings is 1. The van der Waals surface area contributed by atoms with Crippen LogP contribution in [-0.4, -0.2) is 61.4 Å². The van der Waals surface area contributed by atoms with Crippen LogP contribution in [0.25, 0.3) is 0 Å². The number of carboxylic acid groups (broad SMARTS) is 1. The highest BCUT2D eigenvalue weighted by Crippen LogP contribution is 2.34. The molecular weight excluding hydrogens is 358 g/mol. The molecule has 0 spiro atoms. The number of ether oxygens (including phenoxy) is 1. The Bertz CT molecular complexity index is 827. The lowest BCUT2D eigenvalue weighted by atomic mass is 10.1. The van der Waals surface area contributed by atoms with E-state index in [0.29, 0.717) is 25.4 Å². The standard InChI is InChI=1S/C20H27N5O3/c1-14-4-5-18-16(12-14)19(22-17-13-21-7-6-15(17)20(26)27)23-25(18)9-11-28-10-8-24(2)3/h4-7,12-13,19,22-23H,8-11H2,1-3H3,(H,26,27). The number of pyridine rings is 1. The van der Waals surface area contributed by atoms with E-state index in [9.17, 15) is 9.90 Å². The Balaban J connectivity index is 1.72. The van der Waals surface area contributed by atoms with Crippen molar-refractivity contribution in [2.24, 2.45) is 0 Å². The van der Waals surface area contributed by atoms with Crippen molar-refractivity contribution in [1.29, 1.82) is 0 Å². The molecule has 3 rings (SSSR count). The van der Waals surface area contributed by atoms with Gasteiger partial charge in [0.15, 0.2) is 0 Å². The molecule has 0 radical (unpaired) electrons. The molecule has 2 heterocycles. The summed E-state index contributed by atoms with van der Waals surface area (Å²) in [6, 6.07) is 7.73. The highest BCUT2D eigenvalue weighted by atomic mass is 16.5. The van der Waals surface area contributed by atoms with Crippen molar-refractivity contribution in [3.05, 3.63) is 53.3 Å². The molecule has 150 valence electrons. The number of hydrogen-bond acceptors (Lipinski definition) is 7. The first-order chi connectivity index (χ1) is 13.5. The minimum Gasteiger partial charge on any atom is -0.478 e. The van der Waals surface area contributed by atoms with Gasteiger partial charge in [0.05, 0.1) is 42.9 Å². The van der Waals surface area contributed by atoms with E-state index in [4.69, 9.17) is 4.74 Å². The van der Waals surface area contributed by atoms with Crippen molar-refractivity contribution in [3.8, 4) is 0 Å². The van der Waals surface area contributed by atoms with E-state index in [1.54, 1.807) is 0 Å². The van der Waals surface area contributed by atoms with Gasteiger partial charge in [-0.05, 0) is 33.2 Å². The molecule has 0 bridgehead atoms. The van der Waals surface area contributed by atoms with Gasteiger partial charge in [-0.1, -0.05) is 17.7 Å². The van der Waals surface area contributed by atoms with Crippen LogP contribution in [0, 0.1) is 6.92 Å². The fraction of sp³-hybridized carbons (Fsp3) is 0.400. The number of aromatic nitrogens is 1. The number of carbonyl (C=O) groups is 1. The normalized spacial score (nSPS) is 15.7. The second kappa shape index (κ2) is 9.01. The van der Waals surface area contributed by atoms with Gasteiger partial charge >= 0.3 is 5.97 Å². The van der Waals surface area contributed by atoms with Gasteiger partial charge in [0.1, 0.15) is 6.17 Å². The summed E-state index contributed by atoms with van der Waals surface area (Å²) in [6.45, 7) is 4.87. The first-order valence-electron chi connectivity index (χ1n) is 9.26. The summed E-state index contributed by atoms with van der Waals surface area (Å²) in [7, 11) is 4.04. The molecule has 8 nitrogen and oxygen atoms in total. The van der Waals surface area contributed by atoms with Crippen LogP contribution in [0.15, 0.2) is 36.7 Å². The second-order valence-electron chi connectivity index (χ2n) is 7.06. The Morgan fingerprint density at radius 3 is 2.93 bits per heavy atom. The summed E-state index contributed by atoms with van der Waals surface area (Å²) in [5, 5.41) is 14.7. The van der Waals surface area contributed by atoms with Crippen molar-refractivity contribution in [1.82, 2.24) is 15.3 Å². The fourth-order valence-electron chi connectivity index (χ4n) is 3.10. The number of aryl methyl sites for hydroxylation is 1. The maximum Gasteiger partial charge on any atom is 0.337 e. The van der Waals surface area contributed by atoms with Gasteiger partial charge in [-0.2, -0.15) is 0 Å². The van der Waals surface area contributed by atoms with E-state index < -0.39 is 5.97 Å². The second-order valence-corrected chi connectivity index (χ2v) is 7.06. The third-order valence-electron chi connectivity index (χ3n) is 4.56. The summed E-state index contributed by atoms with van der Waals surface area (Å²) in [5.74, 6) is -0.987. The Kier molecular flexibility index (Phi) is 6.45. The lowest BCUT2D eigenvalue weighted by Crippen LogP contribution is -2.39. The average molecular weight is 385 g/mol. The minimum atomic E-state index is -0.987. The number of fused-ring (bicyclic) bond motifs is 1. The molecule has 0 fully saturated rings. The van der Waals surface area contributed by atoms with Crippen LogP contribution < -0.4 is 15.8 Å². The van der Waals surface area contributed by atoms with E-state index >= 15 is 0 Å². The van der Waals surface area contributed by atoms with Crippen LogP contribution in [-0.2, 0) is 4.74 Å². The highest BCUT2D eigenvalue weighted by molar-refractivity contribution is 5.94. The number of likely N-dealkylation sites (N-methyl/N-ethyl adjacent to an activating group) is 1. The molecular formula is C20H27N5O3. The summed E-state index contributed by atoms with van der Waals surface area (Å²) in [6.07, 6.45) is 2.76. The number of aromatic carboxylic acids is 1. The molecule has 28 heavy (non-hydrogen) atoms. The van der Waals surface area contributed by atoms with Crippen LogP contribution in [0.4, 0.5) is 11.4 Å². The van der Waals surface area contributed by atoms with Crippen molar-refractivity contribution < 1.29 is 14.6 Å². The summed E-state index contributed by atoms with van der Waals surface area (Å²) < 4.78 is 5.72. The zero-order valence-electron chi connectivity index (χ0n) is 16.5. The van der Waals surface area contributed by atoms with E-state index in [0.717, 1.165) is 23.4 Å². The third-order valence-corrected chi connectivity index (χ3v) is 4.56. The maximum atomic E-state index is 11.5. The number of rotatable bonds is 9. The van der Waals surface area contributed by atoms with Gasteiger partial charge in [0, 0.05) is 18.3 Å². The smallest absolute Gasteiger partial charge is 0.337 e. The van der Waals surface area contributed by atoms with Crippen molar-refractivity contribution in [2.45, 2.75) is 13.1 Å². The molecule has 1 atom stereocenters. The topological polar surface area (TPSA) is 90.0 Å². The molecule has 8 heteroatoms. The van der Waals surface area contributed by atoms with Gasteiger partial charge in [-0.3, -0.25) is 4.98 Å². The summed E-state index contributed by atoms with van der Waals surface area (Å²) >= 11 is 0. The lowest BCUT2D eigenvalue weighted by Gasteiger charge is -2.22. The molecule has 3 N–H and O–H groups in total. The van der Waals surface area contributed by atoms with Gasteiger partial charge in [-0.15, -0.1) is 0 Å². The summed E-state index contributed by atoms with van der Waals surface area (Å²) in [5.41, 5.74) is 7.34. The number of nitrogens with one attached hydrogen (secondary N) is 2. The lowest BCUT2D eigenvalue weighted by molar-refractivity contribution is 0.0697. The van der Waals surface area contributed by atoms with E-state index in [1.807, 2.05) is 26.0 Å². The Morgan fingerprint density at radius 1 is 1.36 bits per heavy atom. The number of hydrazine groups is 1. The minimum absolute atomic E-state index is 0.191. The molecule has 1 aliphatic rings. The molecule has 0 amide bonds. The number of carboxylic acids is 1. The van der Waals surface area contributed by atoms with Crippen molar-refractivity contribution >= 4 is 17.3 Å². The first-order valence-corrected chi connectivity index (χ1v) is 9.26. The first kappa shape index (κ1) is 20.1. The van der Waals surface area contributed by atoms with Crippen LogP contribution in [0.1, 0.15) is 27.7 Å². The Hall–Kier alpha value is -2.68. The summed E-state index contributed by atoms with van der Waals surface area (Å²) in [4.78, 5) is 17.6. The number of hydrogen-bond donors (Lipinski definition) is 3. The van der Waals surface area contributed by atoms with Crippen LogP contribution in [0.2, 0.25) is 0 Å². The van der Waals surface area contributed by atoms with Gasteiger partial charge in [0.25, 0.3) is 0 Å². The molecule has 0 aliphatic carbocycles. The average Bonchev–Trinajstić information content (AvgIpc) is 2.98. The van der Waals surface area contributed by atoms with Crippen molar-refractivity contribution in [3.63, 3.8) is 0 Å². The van der Waals surface area contributed by atoms with Gasteiger partial charge in [0.2, 0.25) is 0 Å². The predicted octanol–water partition coefficient (Wildman–Crippen LogP) is 2.10. The number of nitrogens with zero attached hydrogens (tertiary/aromatic N) is 3. The quantitative estimate of drug-likeness (QED) is 0.566. The van der Waals surface area contributed by atoms with Crippen LogP contribution in [0.5, 0.6) is 0 Å². The largest absolute Gasteiger partial charge is 0.478 e. The molecule has 1 aromatic carbocycles. The zero-order valence-corrected chi connectivity index (χ0v) is 16.5. The van der Waals surface area contributed by atoms with Crippen molar-refractivity contribution in [2.75, 3.05) is 50.7 Å². The monoisotopic (exact) mass is 385 g/mol. The fourth-order valence-corrected chi connectivity index (χ4v) is 3.10. The van der Waals surface area contributed by atoms with Crippen LogP contribution >= 0.6 is 0 Å². The van der Waals surface area contributed by atoms with E-state index in [-0.39, 0.29) is 11.7 Å².